The van der Waals surface area contributed by atoms with Crippen molar-refractivity contribution < 1.29 is 14.7 Å². The van der Waals surface area contributed by atoms with Gasteiger partial charge in [-0.2, -0.15) is 0 Å². The van der Waals surface area contributed by atoms with Crippen LogP contribution in [0.5, 0.6) is 0 Å². The van der Waals surface area contributed by atoms with Gasteiger partial charge in [-0.25, -0.2) is 4.79 Å². The van der Waals surface area contributed by atoms with Crippen LogP contribution in [0.3, 0.4) is 0 Å². The number of hydrogen-bond acceptors (Lipinski definition) is 3. The normalized spacial score (nSPS) is 21.5. The maximum absolute atomic E-state index is 12.2. The first kappa shape index (κ1) is 16.2. The Balaban J connectivity index is 1.87. The summed E-state index contributed by atoms with van der Waals surface area (Å²) >= 11 is 7.39. The summed E-state index contributed by atoms with van der Waals surface area (Å²) in [6.45, 7) is 2.17. The first-order valence-corrected chi connectivity index (χ1v) is 8.22. The minimum Gasteiger partial charge on any atom is -0.480 e. The van der Waals surface area contributed by atoms with Crippen LogP contribution in [0, 0.1) is 0 Å². The molecule has 1 aromatic carbocycles. The van der Waals surface area contributed by atoms with Gasteiger partial charge in [-0.05, 0) is 44.0 Å². The number of carbonyl (C=O) groups is 2. The standard InChI is InChI=1S/C15H18ClNO3S/c1-15(14(19)20)8-2-9-17(15)13(18)7-10-21-12-5-3-11(16)4-6-12/h3-6H,2,7-10H2,1H3,(H,19,20). The third-order valence-corrected chi connectivity index (χ3v) is 5.07. The summed E-state index contributed by atoms with van der Waals surface area (Å²) in [4.78, 5) is 26.2. The molecule has 1 heterocycles. The van der Waals surface area contributed by atoms with Crippen molar-refractivity contribution in [2.45, 2.75) is 36.6 Å². The summed E-state index contributed by atoms with van der Waals surface area (Å²) in [5, 5.41) is 9.99. The SMILES string of the molecule is CC1(C(=O)O)CCCN1C(=O)CCSc1ccc(Cl)cc1. The Hall–Kier alpha value is -1.20. The second kappa shape index (κ2) is 6.71. The maximum Gasteiger partial charge on any atom is 0.329 e. The van der Waals surface area contributed by atoms with Crippen LogP contribution in [0.4, 0.5) is 0 Å². The van der Waals surface area contributed by atoms with E-state index in [4.69, 9.17) is 11.6 Å². The highest BCUT2D eigenvalue weighted by molar-refractivity contribution is 7.99. The van der Waals surface area contributed by atoms with E-state index in [0.717, 1.165) is 11.3 Å². The van der Waals surface area contributed by atoms with E-state index in [1.54, 1.807) is 18.7 Å². The van der Waals surface area contributed by atoms with Crippen molar-refractivity contribution in [3.05, 3.63) is 29.3 Å². The highest BCUT2D eigenvalue weighted by atomic mass is 35.5. The molecule has 1 amide bonds. The third-order valence-electron chi connectivity index (χ3n) is 3.80. The Kier molecular flexibility index (Phi) is 5.17. The number of carboxylic acids is 1. The van der Waals surface area contributed by atoms with Crippen molar-refractivity contribution in [2.75, 3.05) is 12.3 Å². The molecule has 114 valence electrons. The highest BCUT2D eigenvalue weighted by Gasteiger charge is 2.45. The molecule has 1 aliphatic heterocycles. The smallest absolute Gasteiger partial charge is 0.329 e. The molecule has 0 spiro atoms. The lowest BCUT2D eigenvalue weighted by atomic mass is 9.99. The van der Waals surface area contributed by atoms with Crippen LogP contribution in [-0.4, -0.2) is 39.7 Å². The lowest BCUT2D eigenvalue weighted by molar-refractivity contribution is -0.155. The summed E-state index contributed by atoms with van der Waals surface area (Å²) in [5.41, 5.74) is -1.04. The topological polar surface area (TPSA) is 57.6 Å². The first-order chi connectivity index (χ1) is 9.93. The summed E-state index contributed by atoms with van der Waals surface area (Å²) in [7, 11) is 0. The number of nitrogens with zero attached hydrogens (tertiary/aromatic N) is 1. The predicted molar refractivity (Wildman–Crippen MR) is 83.8 cm³/mol. The van der Waals surface area contributed by atoms with E-state index in [1.807, 2.05) is 24.3 Å². The van der Waals surface area contributed by atoms with E-state index in [1.165, 1.54) is 4.90 Å². The van der Waals surface area contributed by atoms with E-state index < -0.39 is 11.5 Å². The maximum atomic E-state index is 12.2. The van der Waals surface area contributed by atoms with Gasteiger partial charge in [0.2, 0.25) is 5.91 Å². The summed E-state index contributed by atoms with van der Waals surface area (Å²) < 4.78 is 0. The molecule has 1 N–H and O–H groups in total. The van der Waals surface area contributed by atoms with Crippen LogP contribution in [-0.2, 0) is 9.59 Å². The fourth-order valence-electron chi connectivity index (χ4n) is 2.51. The second-order valence-corrected chi connectivity index (χ2v) is 6.89. The van der Waals surface area contributed by atoms with Crippen molar-refractivity contribution in [2.24, 2.45) is 0 Å². The minimum atomic E-state index is -1.04. The highest BCUT2D eigenvalue weighted by Crippen LogP contribution is 2.30. The number of rotatable bonds is 5. The fraction of sp³-hybridized carbons (Fsp3) is 0.467. The van der Waals surface area contributed by atoms with E-state index in [-0.39, 0.29) is 5.91 Å². The van der Waals surface area contributed by atoms with Gasteiger partial charge >= 0.3 is 5.97 Å². The summed E-state index contributed by atoms with van der Waals surface area (Å²) in [6.07, 6.45) is 1.62. The summed E-state index contributed by atoms with van der Waals surface area (Å²) in [6, 6.07) is 7.45. The molecule has 21 heavy (non-hydrogen) atoms. The molecular formula is C15H18ClNO3S. The van der Waals surface area contributed by atoms with Crippen LogP contribution in [0.1, 0.15) is 26.2 Å². The van der Waals surface area contributed by atoms with Crippen LogP contribution < -0.4 is 0 Å². The molecule has 0 bridgehead atoms. The van der Waals surface area contributed by atoms with Crippen LogP contribution in [0.25, 0.3) is 0 Å². The molecule has 1 aliphatic rings. The Morgan fingerprint density at radius 2 is 2.05 bits per heavy atom. The second-order valence-electron chi connectivity index (χ2n) is 5.28. The molecule has 6 heteroatoms. The quantitative estimate of drug-likeness (QED) is 0.843. The van der Waals surface area contributed by atoms with Crippen LogP contribution >= 0.6 is 23.4 Å². The van der Waals surface area contributed by atoms with Crippen molar-refractivity contribution in [3.63, 3.8) is 0 Å². The molecule has 1 unspecified atom stereocenters. The number of halogens is 1. The van der Waals surface area contributed by atoms with Gasteiger partial charge in [-0.1, -0.05) is 11.6 Å². The molecule has 2 rings (SSSR count). The molecule has 0 radical (unpaired) electrons. The van der Waals surface area contributed by atoms with Gasteiger partial charge in [-0.3, -0.25) is 4.79 Å². The molecule has 1 fully saturated rings. The van der Waals surface area contributed by atoms with Crippen molar-refractivity contribution >= 4 is 35.2 Å². The molecule has 4 nitrogen and oxygen atoms in total. The van der Waals surface area contributed by atoms with E-state index in [9.17, 15) is 14.7 Å². The van der Waals surface area contributed by atoms with Gasteiger partial charge in [-0.15, -0.1) is 11.8 Å². The van der Waals surface area contributed by atoms with Gasteiger partial charge in [0.1, 0.15) is 5.54 Å². The molecule has 0 aliphatic carbocycles. The van der Waals surface area contributed by atoms with Gasteiger partial charge in [0, 0.05) is 28.6 Å². The molecule has 1 atom stereocenters. The van der Waals surface area contributed by atoms with Crippen molar-refractivity contribution in [1.82, 2.24) is 4.90 Å². The average Bonchev–Trinajstić information content (AvgIpc) is 2.84. The first-order valence-electron chi connectivity index (χ1n) is 6.86. The predicted octanol–water partition coefficient (Wildman–Crippen LogP) is 3.29. The fourth-order valence-corrected chi connectivity index (χ4v) is 3.47. The van der Waals surface area contributed by atoms with Gasteiger partial charge in [0.15, 0.2) is 0 Å². The zero-order chi connectivity index (χ0) is 15.5. The van der Waals surface area contributed by atoms with Crippen LogP contribution in [0.2, 0.25) is 5.02 Å². The minimum absolute atomic E-state index is 0.0844. The molecular weight excluding hydrogens is 310 g/mol. The number of likely N-dealkylation sites (tertiary alicyclic amines) is 1. The van der Waals surface area contributed by atoms with Gasteiger partial charge in [0.05, 0.1) is 0 Å². The molecule has 1 saturated heterocycles. The number of hydrogen-bond donors (Lipinski definition) is 1. The zero-order valence-corrected chi connectivity index (χ0v) is 13.4. The lowest BCUT2D eigenvalue weighted by Crippen LogP contribution is -2.50. The third kappa shape index (κ3) is 3.71. The van der Waals surface area contributed by atoms with Gasteiger partial charge in [0.25, 0.3) is 0 Å². The van der Waals surface area contributed by atoms with E-state index >= 15 is 0 Å². The number of amides is 1. The van der Waals surface area contributed by atoms with Gasteiger partial charge < -0.3 is 10.0 Å². The summed E-state index contributed by atoms with van der Waals surface area (Å²) in [5.74, 6) is -0.371. The zero-order valence-electron chi connectivity index (χ0n) is 11.8. The van der Waals surface area contributed by atoms with Crippen LogP contribution in [0.15, 0.2) is 29.2 Å². The van der Waals surface area contributed by atoms with Crippen molar-refractivity contribution in [3.8, 4) is 0 Å². The Morgan fingerprint density at radius 1 is 1.38 bits per heavy atom. The Bertz CT molecular complexity index is 534. The van der Waals surface area contributed by atoms with E-state index in [0.29, 0.717) is 30.2 Å². The number of thioether (sulfide) groups is 1. The monoisotopic (exact) mass is 327 g/mol. The number of aliphatic carboxylic acids is 1. The largest absolute Gasteiger partial charge is 0.480 e. The molecule has 0 aromatic heterocycles. The average molecular weight is 328 g/mol. The Morgan fingerprint density at radius 3 is 2.67 bits per heavy atom. The number of carbonyl (C=O) groups excluding carboxylic acids is 1. The molecule has 1 aromatic rings. The number of benzene rings is 1. The molecule has 0 saturated carbocycles. The lowest BCUT2D eigenvalue weighted by Gasteiger charge is -2.31. The van der Waals surface area contributed by atoms with Crippen molar-refractivity contribution in [1.29, 1.82) is 0 Å². The number of carboxylic acid groups (broad SMARTS) is 1. The van der Waals surface area contributed by atoms with E-state index in [2.05, 4.69) is 0 Å². The Labute approximate surface area is 133 Å².